The fraction of sp³-hybridized carbons (Fsp3) is 0.600. The monoisotopic (exact) mass is 307 g/mol. The van der Waals surface area contributed by atoms with Gasteiger partial charge in [0.1, 0.15) is 22.9 Å². The Morgan fingerprint density at radius 3 is 2.76 bits per heavy atom. The van der Waals surface area contributed by atoms with Gasteiger partial charge in [-0.2, -0.15) is 0 Å². The van der Waals surface area contributed by atoms with Crippen LogP contribution < -0.4 is 5.32 Å². The molecule has 0 aromatic carbocycles. The lowest BCUT2D eigenvalue weighted by molar-refractivity contribution is -0.0373. The van der Waals surface area contributed by atoms with Crippen LogP contribution in [0.1, 0.15) is 24.6 Å². The van der Waals surface area contributed by atoms with E-state index in [0.29, 0.717) is 22.2 Å². The second-order valence-electron chi connectivity index (χ2n) is 4.08. The number of nitrogens with one attached hydrogen (secondary N) is 1. The molecule has 17 heavy (non-hydrogen) atoms. The summed E-state index contributed by atoms with van der Waals surface area (Å²) in [6.07, 6.45) is 2.09. The summed E-state index contributed by atoms with van der Waals surface area (Å²) in [5, 5.41) is 11.0. The molecule has 1 aliphatic rings. The molecular formula is C10H12BrF2N3O. The highest BCUT2D eigenvalue weighted by atomic mass is 79.9. The zero-order valence-corrected chi connectivity index (χ0v) is 10.5. The molecule has 0 radical (unpaired) electrons. The topological polar surface area (TPSA) is 58.0 Å². The van der Waals surface area contributed by atoms with E-state index in [1.807, 2.05) is 0 Å². The van der Waals surface area contributed by atoms with E-state index in [1.165, 1.54) is 0 Å². The number of hydrogen-bond donors (Lipinski definition) is 2. The van der Waals surface area contributed by atoms with Crippen molar-refractivity contribution in [2.45, 2.75) is 24.7 Å². The van der Waals surface area contributed by atoms with Crippen LogP contribution in [-0.2, 0) is 0 Å². The predicted octanol–water partition coefficient (Wildman–Crippen LogP) is 2.16. The molecule has 0 saturated heterocycles. The van der Waals surface area contributed by atoms with Crippen LogP contribution in [0.5, 0.6) is 0 Å². The smallest absolute Gasteiger partial charge is 0.287 e. The van der Waals surface area contributed by atoms with E-state index in [9.17, 15) is 8.78 Å². The maximum Gasteiger partial charge on any atom is 0.287 e. The van der Waals surface area contributed by atoms with E-state index in [4.69, 9.17) is 5.11 Å². The van der Waals surface area contributed by atoms with E-state index in [2.05, 4.69) is 31.2 Å². The second kappa shape index (κ2) is 4.81. The molecule has 2 rings (SSSR count). The molecule has 94 valence electrons. The van der Waals surface area contributed by atoms with Crippen LogP contribution in [-0.4, -0.2) is 34.1 Å². The van der Waals surface area contributed by atoms with E-state index < -0.39 is 19.1 Å². The van der Waals surface area contributed by atoms with Gasteiger partial charge in [0.2, 0.25) is 0 Å². The fourth-order valence-corrected chi connectivity index (χ4v) is 1.72. The van der Waals surface area contributed by atoms with Crippen molar-refractivity contribution in [3.63, 3.8) is 0 Å². The van der Waals surface area contributed by atoms with Crippen molar-refractivity contribution in [3.8, 4) is 0 Å². The van der Waals surface area contributed by atoms with Gasteiger partial charge in [-0.3, -0.25) is 0 Å². The third-order valence-corrected chi connectivity index (χ3v) is 2.82. The first-order valence-electron chi connectivity index (χ1n) is 5.27. The van der Waals surface area contributed by atoms with Crippen LogP contribution in [0.4, 0.5) is 14.6 Å². The minimum Gasteiger partial charge on any atom is -0.390 e. The lowest BCUT2D eigenvalue weighted by Crippen LogP contribution is -2.31. The largest absolute Gasteiger partial charge is 0.390 e. The molecular weight excluding hydrogens is 296 g/mol. The molecule has 1 aliphatic carbocycles. The first-order chi connectivity index (χ1) is 8.00. The molecule has 0 atom stereocenters. The number of aromatic nitrogens is 2. The van der Waals surface area contributed by atoms with Crippen LogP contribution in [0.2, 0.25) is 0 Å². The van der Waals surface area contributed by atoms with Crippen molar-refractivity contribution < 1.29 is 13.9 Å². The van der Waals surface area contributed by atoms with Gasteiger partial charge < -0.3 is 10.4 Å². The van der Waals surface area contributed by atoms with Crippen LogP contribution in [0.3, 0.4) is 0 Å². The minimum atomic E-state index is -3.14. The first-order valence-corrected chi connectivity index (χ1v) is 6.06. The lowest BCUT2D eigenvalue weighted by Gasteiger charge is -2.14. The summed E-state index contributed by atoms with van der Waals surface area (Å²) in [5.41, 5.74) is 0. The molecule has 1 saturated carbocycles. The number of aliphatic hydroxyl groups is 1. The molecule has 0 spiro atoms. The highest BCUT2D eigenvalue weighted by Crippen LogP contribution is 2.38. The normalized spacial score (nSPS) is 16.0. The third-order valence-electron chi connectivity index (χ3n) is 2.41. The van der Waals surface area contributed by atoms with Crippen LogP contribution in [0, 0.1) is 0 Å². The molecule has 1 aromatic rings. The van der Waals surface area contributed by atoms with E-state index in [-0.39, 0.29) is 0 Å². The Morgan fingerprint density at radius 1 is 1.47 bits per heavy atom. The number of anilines is 1. The standard InChI is InChI=1S/C10H12BrF2N3O/c11-7-3-8(14-4-10(12,13)5-17)16-9(15-7)6-1-2-6/h3,6,17H,1-2,4-5H2,(H,14,15,16). The summed E-state index contributed by atoms with van der Waals surface area (Å²) in [6.45, 7) is -1.82. The Morgan fingerprint density at radius 2 is 2.18 bits per heavy atom. The maximum atomic E-state index is 12.8. The van der Waals surface area contributed by atoms with Gasteiger partial charge in [0.15, 0.2) is 0 Å². The second-order valence-corrected chi connectivity index (χ2v) is 4.89. The maximum absolute atomic E-state index is 12.8. The van der Waals surface area contributed by atoms with Crippen LogP contribution in [0.15, 0.2) is 10.7 Å². The molecule has 2 N–H and O–H groups in total. The third kappa shape index (κ3) is 3.57. The highest BCUT2D eigenvalue weighted by molar-refractivity contribution is 9.10. The van der Waals surface area contributed by atoms with Crippen molar-refractivity contribution in [2.75, 3.05) is 18.5 Å². The average molecular weight is 308 g/mol. The van der Waals surface area contributed by atoms with E-state index in [0.717, 1.165) is 12.8 Å². The van der Waals surface area contributed by atoms with Crippen molar-refractivity contribution in [1.29, 1.82) is 0 Å². The first kappa shape index (κ1) is 12.6. The quantitative estimate of drug-likeness (QED) is 0.819. The van der Waals surface area contributed by atoms with Gasteiger partial charge in [-0.1, -0.05) is 0 Å². The Bertz CT molecular complexity index is 413. The van der Waals surface area contributed by atoms with Gasteiger partial charge in [-0.15, -0.1) is 0 Å². The number of aliphatic hydroxyl groups excluding tert-OH is 1. The SMILES string of the molecule is OCC(F)(F)CNc1cc(Br)nc(C2CC2)n1. The number of halogens is 3. The van der Waals surface area contributed by atoms with Crippen molar-refractivity contribution in [2.24, 2.45) is 0 Å². The molecule has 0 amide bonds. The van der Waals surface area contributed by atoms with Crippen molar-refractivity contribution in [3.05, 3.63) is 16.5 Å². The molecule has 0 aliphatic heterocycles. The van der Waals surface area contributed by atoms with Crippen molar-refractivity contribution >= 4 is 21.7 Å². The molecule has 0 unspecified atom stereocenters. The number of rotatable bonds is 5. The summed E-state index contributed by atoms with van der Waals surface area (Å²) in [6, 6.07) is 1.54. The molecule has 0 bridgehead atoms. The Labute approximate surface area is 106 Å². The van der Waals surface area contributed by atoms with Crippen molar-refractivity contribution in [1.82, 2.24) is 9.97 Å². The molecule has 4 nitrogen and oxygen atoms in total. The number of hydrogen-bond acceptors (Lipinski definition) is 4. The lowest BCUT2D eigenvalue weighted by atomic mass is 10.3. The van der Waals surface area contributed by atoms with Gasteiger partial charge in [-0.25, -0.2) is 18.7 Å². The average Bonchev–Trinajstić information content (AvgIpc) is 3.10. The molecule has 1 fully saturated rings. The predicted molar refractivity (Wildman–Crippen MR) is 62.2 cm³/mol. The minimum absolute atomic E-state index is 0.349. The Hall–Kier alpha value is -0.820. The van der Waals surface area contributed by atoms with E-state index >= 15 is 0 Å². The zero-order valence-electron chi connectivity index (χ0n) is 8.96. The van der Waals surface area contributed by atoms with Gasteiger partial charge in [0.25, 0.3) is 5.92 Å². The van der Waals surface area contributed by atoms with Gasteiger partial charge in [0, 0.05) is 12.0 Å². The van der Waals surface area contributed by atoms with E-state index in [1.54, 1.807) is 6.07 Å². The summed E-state index contributed by atoms with van der Waals surface area (Å²) in [4.78, 5) is 8.35. The fourth-order valence-electron chi connectivity index (χ4n) is 1.33. The Kier molecular flexibility index (Phi) is 3.58. The van der Waals surface area contributed by atoms with Gasteiger partial charge in [-0.05, 0) is 28.8 Å². The number of alkyl halides is 2. The van der Waals surface area contributed by atoms with Gasteiger partial charge in [0.05, 0.1) is 6.54 Å². The number of nitrogens with zero attached hydrogens (tertiary/aromatic N) is 2. The summed E-state index contributed by atoms with van der Waals surface area (Å²) in [7, 11) is 0. The highest BCUT2D eigenvalue weighted by Gasteiger charge is 2.29. The summed E-state index contributed by atoms with van der Waals surface area (Å²) < 4.78 is 26.3. The zero-order chi connectivity index (χ0) is 12.5. The molecule has 1 heterocycles. The summed E-state index contributed by atoms with van der Waals surface area (Å²) >= 11 is 3.22. The Balaban J connectivity index is 2.05. The van der Waals surface area contributed by atoms with Crippen LogP contribution in [0.25, 0.3) is 0 Å². The molecule has 1 aromatic heterocycles. The van der Waals surface area contributed by atoms with Crippen LogP contribution >= 0.6 is 15.9 Å². The molecule has 7 heteroatoms. The summed E-state index contributed by atoms with van der Waals surface area (Å²) in [5.74, 6) is -1.76. The van der Waals surface area contributed by atoms with Gasteiger partial charge >= 0.3 is 0 Å².